The van der Waals surface area contributed by atoms with Crippen molar-refractivity contribution in [2.75, 3.05) is 49.1 Å². The van der Waals surface area contributed by atoms with Crippen LogP contribution in [-0.4, -0.2) is 55.0 Å². The third kappa shape index (κ3) is 3.84. The Bertz CT molecular complexity index is 961. The monoisotopic (exact) mass is 408 g/mol. The summed E-state index contributed by atoms with van der Waals surface area (Å²) in [4.78, 5) is 30.6. The molecule has 0 saturated carbocycles. The molecule has 0 spiro atoms. The molecule has 0 bridgehead atoms. The second kappa shape index (κ2) is 8.34. The summed E-state index contributed by atoms with van der Waals surface area (Å²) >= 11 is 0. The number of carbonyl (C=O) groups excluding carboxylic acids is 1. The van der Waals surface area contributed by atoms with E-state index in [2.05, 4.69) is 41.8 Å². The van der Waals surface area contributed by atoms with Crippen LogP contribution in [0.1, 0.15) is 34.3 Å². The van der Waals surface area contributed by atoms with Gasteiger partial charge in [-0.1, -0.05) is 12.1 Å². The molecule has 2 heterocycles. The maximum Gasteiger partial charge on any atom is 0.270 e. The first-order valence-corrected chi connectivity index (χ1v) is 10.6. The Kier molecular flexibility index (Phi) is 5.61. The summed E-state index contributed by atoms with van der Waals surface area (Å²) in [5.41, 5.74) is 4.99. The van der Waals surface area contributed by atoms with Crippen LogP contribution in [0.5, 0.6) is 0 Å². The molecule has 0 N–H and O–H groups in total. The van der Waals surface area contributed by atoms with Gasteiger partial charge in [-0.25, -0.2) is 0 Å². The van der Waals surface area contributed by atoms with Crippen LogP contribution in [0.3, 0.4) is 0 Å². The van der Waals surface area contributed by atoms with E-state index in [-0.39, 0.29) is 11.6 Å². The second-order valence-corrected chi connectivity index (χ2v) is 8.15. The highest BCUT2D eigenvalue weighted by molar-refractivity contribution is 6.00. The van der Waals surface area contributed by atoms with Gasteiger partial charge in [0, 0.05) is 57.1 Å². The lowest BCUT2D eigenvalue weighted by atomic mass is 10.1. The summed E-state index contributed by atoms with van der Waals surface area (Å²) in [7, 11) is 0. The molecule has 0 radical (unpaired) electrons. The minimum Gasteiger partial charge on any atom is -0.371 e. The molecule has 2 aromatic rings. The molecule has 4 rings (SSSR count). The van der Waals surface area contributed by atoms with Crippen LogP contribution in [-0.2, 0) is 0 Å². The van der Waals surface area contributed by atoms with Crippen LogP contribution in [0.25, 0.3) is 0 Å². The van der Waals surface area contributed by atoms with Crippen molar-refractivity contribution < 1.29 is 9.72 Å². The summed E-state index contributed by atoms with van der Waals surface area (Å²) in [6, 6.07) is 11.0. The van der Waals surface area contributed by atoms with E-state index in [1.165, 1.54) is 28.9 Å². The molecule has 0 atom stereocenters. The number of carbonyl (C=O) groups is 1. The molecule has 2 aromatic carbocycles. The predicted molar refractivity (Wildman–Crippen MR) is 119 cm³/mol. The SMILES string of the molecule is Cc1cccc(N2CCN(C(=O)c3cc([N+](=O)[O-])ccc3N3CCCC3)CC2)c1C. The fourth-order valence-electron chi connectivity index (χ4n) is 4.44. The number of nitro groups is 1. The summed E-state index contributed by atoms with van der Waals surface area (Å²) in [6.45, 7) is 8.74. The van der Waals surface area contributed by atoms with Gasteiger partial charge < -0.3 is 14.7 Å². The molecule has 7 nitrogen and oxygen atoms in total. The highest BCUT2D eigenvalue weighted by atomic mass is 16.6. The van der Waals surface area contributed by atoms with Crippen molar-refractivity contribution in [3.8, 4) is 0 Å². The quantitative estimate of drug-likeness (QED) is 0.569. The van der Waals surface area contributed by atoms with Crippen molar-refractivity contribution in [3.05, 3.63) is 63.2 Å². The minimum absolute atomic E-state index is 0.0321. The van der Waals surface area contributed by atoms with E-state index >= 15 is 0 Å². The standard InChI is InChI=1S/C23H28N4O3/c1-17-6-5-7-21(18(17)2)25-12-14-26(15-13-25)23(28)20-16-19(27(29)30)8-9-22(20)24-10-3-4-11-24/h5-9,16H,3-4,10-15H2,1-2H3. The van der Waals surface area contributed by atoms with E-state index < -0.39 is 4.92 Å². The van der Waals surface area contributed by atoms with Gasteiger partial charge in [0.05, 0.1) is 16.2 Å². The zero-order valence-electron chi connectivity index (χ0n) is 17.6. The molecule has 0 aromatic heterocycles. The lowest BCUT2D eigenvalue weighted by Gasteiger charge is -2.37. The number of aryl methyl sites for hydroxylation is 1. The smallest absolute Gasteiger partial charge is 0.270 e. The molecule has 2 fully saturated rings. The van der Waals surface area contributed by atoms with Crippen LogP contribution in [0.15, 0.2) is 36.4 Å². The Morgan fingerprint density at radius 2 is 1.57 bits per heavy atom. The second-order valence-electron chi connectivity index (χ2n) is 8.15. The number of amides is 1. The minimum atomic E-state index is -0.428. The maximum absolute atomic E-state index is 13.4. The predicted octanol–water partition coefficient (Wildman–Crippen LogP) is 3.77. The van der Waals surface area contributed by atoms with Gasteiger partial charge in [0.15, 0.2) is 0 Å². The number of hydrogen-bond donors (Lipinski definition) is 0. The third-order valence-corrected chi connectivity index (χ3v) is 6.35. The van der Waals surface area contributed by atoms with E-state index in [0.29, 0.717) is 18.7 Å². The average molecular weight is 409 g/mol. The fraction of sp³-hybridized carbons (Fsp3) is 0.435. The number of non-ortho nitro benzene ring substituents is 1. The van der Waals surface area contributed by atoms with Crippen LogP contribution in [0.2, 0.25) is 0 Å². The lowest BCUT2D eigenvalue weighted by molar-refractivity contribution is -0.384. The normalized spacial score (nSPS) is 16.8. The van der Waals surface area contributed by atoms with Gasteiger partial charge in [-0.15, -0.1) is 0 Å². The highest BCUT2D eigenvalue weighted by Gasteiger charge is 2.28. The summed E-state index contributed by atoms with van der Waals surface area (Å²) < 4.78 is 0. The zero-order valence-corrected chi connectivity index (χ0v) is 17.6. The number of hydrogen-bond acceptors (Lipinski definition) is 5. The summed E-state index contributed by atoms with van der Waals surface area (Å²) in [6.07, 6.45) is 2.16. The van der Waals surface area contributed by atoms with Gasteiger partial charge >= 0.3 is 0 Å². The number of nitro benzene ring substituents is 1. The summed E-state index contributed by atoms with van der Waals surface area (Å²) in [5.74, 6) is -0.110. The van der Waals surface area contributed by atoms with E-state index in [1.807, 2.05) is 4.90 Å². The Balaban J connectivity index is 1.54. The highest BCUT2D eigenvalue weighted by Crippen LogP contribution is 2.30. The van der Waals surface area contributed by atoms with Crippen LogP contribution >= 0.6 is 0 Å². The molecule has 0 aliphatic carbocycles. The molecule has 7 heteroatoms. The maximum atomic E-state index is 13.4. The Morgan fingerprint density at radius 3 is 2.23 bits per heavy atom. The molecule has 1 amide bonds. The largest absolute Gasteiger partial charge is 0.371 e. The van der Waals surface area contributed by atoms with Gasteiger partial charge in [-0.05, 0) is 49.9 Å². The molecule has 158 valence electrons. The Morgan fingerprint density at radius 1 is 0.900 bits per heavy atom. The molecule has 2 saturated heterocycles. The fourth-order valence-corrected chi connectivity index (χ4v) is 4.44. The molecule has 30 heavy (non-hydrogen) atoms. The van der Waals surface area contributed by atoms with Gasteiger partial charge in [0.2, 0.25) is 0 Å². The molecule has 2 aliphatic rings. The van der Waals surface area contributed by atoms with Crippen molar-refractivity contribution in [1.29, 1.82) is 0 Å². The average Bonchev–Trinajstić information content (AvgIpc) is 3.29. The topological polar surface area (TPSA) is 69.9 Å². The molecule has 2 aliphatic heterocycles. The van der Waals surface area contributed by atoms with Crippen molar-refractivity contribution in [2.24, 2.45) is 0 Å². The van der Waals surface area contributed by atoms with E-state index in [1.54, 1.807) is 6.07 Å². The van der Waals surface area contributed by atoms with Crippen LogP contribution < -0.4 is 9.80 Å². The Hall–Kier alpha value is -3.09. The van der Waals surface area contributed by atoms with Gasteiger partial charge in [-0.2, -0.15) is 0 Å². The molecular weight excluding hydrogens is 380 g/mol. The van der Waals surface area contributed by atoms with Crippen molar-refractivity contribution in [1.82, 2.24) is 4.90 Å². The number of piperazine rings is 1. The number of anilines is 2. The lowest BCUT2D eigenvalue weighted by Crippen LogP contribution is -2.49. The van der Waals surface area contributed by atoms with Gasteiger partial charge in [0.1, 0.15) is 0 Å². The molecule has 0 unspecified atom stereocenters. The van der Waals surface area contributed by atoms with Gasteiger partial charge in [-0.3, -0.25) is 14.9 Å². The van der Waals surface area contributed by atoms with Crippen molar-refractivity contribution in [2.45, 2.75) is 26.7 Å². The van der Waals surface area contributed by atoms with Crippen molar-refractivity contribution in [3.63, 3.8) is 0 Å². The zero-order chi connectivity index (χ0) is 21.3. The number of nitrogens with zero attached hydrogens (tertiary/aromatic N) is 4. The first-order chi connectivity index (χ1) is 14.5. The third-order valence-electron chi connectivity index (χ3n) is 6.35. The van der Waals surface area contributed by atoms with E-state index in [9.17, 15) is 14.9 Å². The first kappa shape index (κ1) is 20.2. The molecular formula is C23H28N4O3. The summed E-state index contributed by atoms with van der Waals surface area (Å²) in [5, 5.41) is 11.3. The van der Waals surface area contributed by atoms with E-state index in [0.717, 1.165) is 44.7 Å². The van der Waals surface area contributed by atoms with Crippen LogP contribution in [0, 0.1) is 24.0 Å². The first-order valence-electron chi connectivity index (χ1n) is 10.6. The Labute approximate surface area is 177 Å². The number of benzene rings is 2. The van der Waals surface area contributed by atoms with Crippen molar-refractivity contribution >= 4 is 23.0 Å². The number of rotatable bonds is 4. The van der Waals surface area contributed by atoms with E-state index in [4.69, 9.17) is 0 Å². The van der Waals surface area contributed by atoms with Crippen LogP contribution in [0.4, 0.5) is 17.1 Å². The van der Waals surface area contributed by atoms with Gasteiger partial charge in [0.25, 0.3) is 11.6 Å².